The van der Waals surface area contributed by atoms with Crippen LogP contribution in [0.2, 0.25) is 0 Å². The lowest BCUT2D eigenvalue weighted by molar-refractivity contribution is -0.137. The van der Waals surface area contributed by atoms with Gasteiger partial charge in [-0.2, -0.15) is 18.4 Å². The molecule has 1 saturated heterocycles. The molecule has 3 aromatic rings. The van der Waals surface area contributed by atoms with E-state index in [1.54, 1.807) is 12.1 Å². The Morgan fingerprint density at radius 2 is 1.70 bits per heavy atom. The van der Waals surface area contributed by atoms with E-state index >= 15 is 0 Å². The molecule has 1 aromatic heterocycles. The molecule has 170 valence electrons. The van der Waals surface area contributed by atoms with Crippen molar-refractivity contribution in [2.24, 2.45) is 0 Å². The number of nitrogens with zero attached hydrogens (tertiary/aromatic N) is 5. The Bertz CT molecular complexity index is 1160. The van der Waals surface area contributed by atoms with Gasteiger partial charge in [-0.05, 0) is 35.4 Å². The summed E-state index contributed by atoms with van der Waals surface area (Å²) in [6.45, 7) is 1.81. The van der Waals surface area contributed by atoms with Gasteiger partial charge in [0.1, 0.15) is 29.8 Å². The number of alkyl halides is 3. The van der Waals surface area contributed by atoms with Crippen molar-refractivity contribution >= 4 is 11.6 Å². The van der Waals surface area contributed by atoms with E-state index in [9.17, 15) is 22.8 Å². The molecule has 0 unspecified atom stereocenters. The second-order valence-electron chi connectivity index (χ2n) is 7.64. The summed E-state index contributed by atoms with van der Waals surface area (Å²) in [6, 6.07) is 12.1. The van der Waals surface area contributed by atoms with Crippen LogP contribution in [0, 0.1) is 17.1 Å². The normalized spacial score (nSPS) is 15.8. The summed E-state index contributed by atoms with van der Waals surface area (Å²) in [7, 11) is 0. The number of anilines is 2. The van der Waals surface area contributed by atoms with Gasteiger partial charge >= 0.3 is 6.18 Å². The summed E-state index contributed by atoms with van der Waals surface area (Å²) in [5.74, 6) is 0.468. The van der Waals surface area contributed by atoms with Crippen LogP contribution in [0.1, 0.15) is 17.2 Å². The van der Waals surface area contributed by atoms with Crippen LogP contribution in [0.25, 0.3) is 11.1 Å². The third kappa shape index (κ3) is 4.73. The van der Waals surface area contributed by atoms with Crippen LogP contribution < -0.4 is 10.6 Å². The highest BCUT2D eigenvalue weighted by atomic mass is 19.4. The number of rotatable bonds is 4. The molecular formula is C23H20F4N6. The van der Waals surface area contributed by atoms with E-state index in [-0.39, 0.29) is 11.6 Å². The van der Waals surface area contributed by atoms with Gasteiger partial charge in [-0.15, -0.1) is 0 Å². The summed E-state index contributed by atoms with van der Waals surface area (Å²) >= 11 is 0. The molecule has 6 nitrogen and oxygen atoms in total. The fourth-order valence-corrected chi connectivity index (χ4v) is 3.97. The van der Waals surface area contributed by atoms with E-state index in [2.05, 4.69) is 16.0 Å². The van der Waals surface area contributed by atoms with Crippen LogP contribution in [0.5, 0.6) is 0 Å². The number of nitriles is 1. The molecule has 10 heteroatoms. The van der Waals surface area contributed by atoms with Crippen molar-refractivity contribution in [1.29, 1.82) is 5.26 Å². The van der Waals surface area contributed by atoms with E-state index in [1.807, 2.05) is 9.80 Å². The molecule has 0 radical (unpaired) electrons. The van der Waals surface area contributed by atoms with E-state index in [4.69, 9.17) is 5.73 Å². The lowest BCUT2D eigenvalue weighted by atomic mass is 10.0. The first-order valence-corrected chi connectivity index (χ1v) is 10.2. The quantitative estimate of drug-likeness (QED) is 0.591. The Morgan fingerprint density at radius 1 is 1.00 bits per heavy atom. The maximum absolute atomic E-state index is 13.4. The third-order valence-electron chi connectivity index (χ3n) is 5.62. The molecule has 1 fully saturated rings. The fraction of sp³-hybridized carbons (Fsp3) is 0.261. The molecule has 0 spiro atoms. The van der Waals surface area contributed by atoms with Gasteiger partial charge in [0.05, 0.1) is 17.2 Å². The van der Waals surface area contributed by atoms with Crippen molar-refractivity contribution < 1.29 is 17.6 Å². The molecule has 2 heterocycles. The van der Waals surface area contributed by atoms with E-state index in [0.717, 1.165) is 12.1 Å². The summed E-state index contributed by atoms with van der Waals surface area (Å²) in [5, 5.41) is 9.71. The Kier molecular flexibility index (Phi) is 6.16. The lowest BCUT2D eigenvalue weighted by Gasteiger charge is -2.38. The number of hydrogen-bond acceptors (Lipinski definition) is 6. The number of benzene rings is 2. The number of piperazine rings is 1. The van der Waals surface area contributed by atoms with E-state index < -0.39 is 17.8 Å². The molecule has 0 saturated carbocycles. The average molecular weight is 456 g/mol. The van der Waals surface area contributed by atoms with E-state index in [0.29, 0.717) is 48.7 Å². The van der Waals surface area contributed by atoms with Crippen molar-refractivity contribution in [2.45, 2.75) is 12.2 Å². The van der Waals surface area contributed by atoms with Crippen molar-refractivity contribution in [3.63, 3.8) is 0 Å². The van der Waals surface area contributed by atoms with Gasteiger partial charge in [-0.1, -0.05) is 24.3 Å². The van der Waals surface area contributed by atoms with Gasteiger partial charge in [0.15, 0.2) is 0 Å². The van der Waals surface area contributed by atoms with Crippen molar-refractivity contribution in [3.8, 4) is 17.2 Å². The topological polar surface area (TPSA) is 82.1 Å². The first kappa shape index (κ1) is 22.5. The van der Waals surface area contributed by atoms with Gasteiger partial charge in [-0.25, -0.2) is 14.4 Å². The van der Waals surface area contributed by atoms with Crippen LogP contribution in [-0.2, 0) is 6.18 Å². The fourth-order valence-electron chi connectivity index (χ4n) is 3.97. The zero-order valence-corrected chi connectivity index (χ0v) is 17.4. The summed E-state index contributed by atoms with van der Waals surface area (Å²) in [5.41, 5.74) is 6.89. The summed E-state index contributed by atoms with van der Waals surface area (Å²) in [4.78, 5) is 12.3. The highest BCUT2D eigenvalue weighted by Crippen LogP contribution is 2.35. The zero-order chi connectivity index (χ0) is 23.6. The van der Waals surface area contributed by atoms with Gasteiger partial charge < -0.3 is 10.6 Å². The minimum Gasteiger partial charge on any atom is -0.383 e. The predicted octanol–water partition coefficient (Wildman–Crippen LogP) is 4.27. The molecule has 1 aliphatic rings. The Labute approximate surface area is 187 Å². The van der Waals surface area contributed by atoms with Gasteiger partial charge in [0.25, 0.3) is 0 Å². The Balaban J connectivity index is 1.55. The molecule has 1 atom stereocenters. The molecule has 2 aromatic carbocycles. The standard InChI is InChI=1S/C23H20F4N6/c24-18-6-4-15(5-7-18)20-21(29)30-14-31-22(20)33-10-8-32(9-11-33)19(13-28)16-2-1-3-17(12-16)23(25,26)27/h1-7,12,14,19H,8-11H2,(H2,29,30,31)/t19-/m1/s1. The van der Waals surface area contributed by atoms with E-state index in [1.165, 1.54) is 30.6 Å². The number of hydrogen-bond donors (Lipinski definition) is 1. The summed E-state index contributed by atoms with van der Waals surface area (Å²) in [6.07, 6.45) is -3.12. The monoisotopic (exact) mass is 456 g/mol. The maximum Gasteiger partial charge on any atom is 0.416 e. The first-order chi connectivity index (χ1) is 15.8. The summed E-state index contributed by atoms with van der Waals surface area (Å²) < 4.78 is 52.7. The van der Waals surface area contributed by atoms with Gasteiger partial charge in [0.2, 0.25) is 0 Å². The van der Waals surface area contributed by atoms with Crippen molar-refractivity contribution in [2.75, 3.05) is 36.8 Å². The number of nitrogens with two attached hydrogens (primary N) is 1. The molecule has 0 aliphatic carbocycles. The van der Waals surface area contributed by atoms with Gasteiger partial charge in [-0.3, -0.25) is 4.90 Å². The molecule has 0 amide bonds. The second-order valence-corrected chi connectivity index (χ2v) is 7.64. The van der Waals surface area contributed by atoms with Crippen LogP contribution in [0.4, 0.5) is 29.2 Å². The van der Waals surface area contributed by atoms with Crippen LogP contribution in [0.3, 0.4) is 0 Å². The Hall–Kier alpha value is -3.71. The predicted molar refractivity (Wildman–Crippen MR) is 115 cm³/mol. The highest BCUT2D eigenvalue weighted by Gasteiger charge is 2.32. The maximum atomic E-state index is 13.4. The number of halogens is 4. The van der Waals surface area contributed by atoms with Crippen molar-refractivity contribution in [1.82, 2.24) is 14.9 Å². The lowest BCUT2D eigenvalue weighted by Crippen LogP contribution is -2.48. The van der Waals surface area contributed by atoms with Crippen LogP contribution >= 0.6 is 0 Å². The average Bonchev–Trinajstić information content (AvgIpc) is 2.80. The molecule has 4 rings (SSSR count). The second kappa shape index (κ2) is 9.03. The van der Waals surface area contributed by atoms with Gasteiger partial charge in [0, 0.05) is 26.2 Å². The molecule has 2 N–H and O–H groups in total. The minimum absolute atomic E-state index is 0.257. The molecule has 1 aliphatic heterocycles. The number of aromatic nitrogens is 2. The Morgan fingerprint density at radius 3 is 2.33 bits per heavy atom. The smallest absolute Gasteiger partial charge is 0.383 e. The van der Waals surface area contributed by atoms with Crippen LogP contribution in [0.15, 0.2) is 54.9 Å². The molecule has 33 heavy (non-hydrogen) atoms. The largest absolute Gasteiger partial charge is 0.416 e. The van der Waals surface area contributed by atoms with Crippen molar-refractivity contribution in [3.05, 3.63) is 71.8 Å². The van der Waals surface area contributed by atoms with Crippen LogP contribution in [-0.4, -0.2) is 41.0 Å². The SMILES string of the molecule is N#C[C@H](c1cccc(C(F)(F)F)c1)N1CCN(c2ncnc(N)c2-c2ccc(F)cc2)CC1. The zero-order valence-electron chi connectivity index (χ0n) is 17.4. The molecular weight excluding hydrogens is 436 g/mol. The first-order valence-electron chi connectivity index (χ1n) is 10.2. The highest BCUT2D eigenvalue weighted by molar-refractivity contribution is 5.84. The number of nitrogen functional groups attached to an aromatic ring is 1. The molecule has 0 bridgehead atoms. The minimum atomic E-state index is -4.47. The third-order valence-corrected chi connectivity index (χ3v) is 5.62.